The third-order valence-corrected chi connectivity index (χ3v) is 4.12. The maximum atomic E-state index is 5.73. The second kappa shape index (κ2) is 5.72. The van der Waals surface area contributed by atoms with Gasteiger partial charge in [-0.25, -0.2) is 0 Å². The minimum Gasteiger partial charge on any atom is -0.399 e. The Balaban J connectivity index is 1.92. The van der Waals surface area contributed by atoms with E-state index in [1.807, 2.05) is 12.1 Å². The average molecular weight is 247 g/mol. The molecule has 0 saturated carbocycles. The SMILES string of the molecule is CC(c1ccc(N)cc1)N(C)CC1CCN(C)C1. The van der Waals surface area contributed by atoms with Crippen LogP contribution in [-0.4, -0.2) is 43.5 Å². The van der Waals surface area contributed by atoms with Crippen molar-refractivity contribution in [2.75, 3.05) is 39.5 Å². The smallest absolute Gasteiger partial charge is 0.0316 e. The number of hydrogen-bond donors (Lipinski definition) is 1. The van der Waals surface area contributed by atoms with Gasteiger partial charge in [-0.3, -0.25) is 4.90 Å². The summed E-state index contributed by atoms with van der Waals surface area (Å²) in [7, 11) is 4.43. The summed E-state index contributed by atoms with van der Waals surface area (Å²) in [6, 6.07) is 8.71. The standard InChI is InChI=1S/C15H25N3/c1-12(14-4-6-15(16)7-5-14)18(3)11-13-8-9-17(2)10-13/h4-7,12-13H,8-11,16H2,1-3H3. The van der Waals surface area contributed by atoms with Crippen LogP contribution in [-0.2, 0) is 0 Å². The van der Waals surface area contributed by atoms with Gasteiger partial charge in [0.15, 0.2) is 0 Å². The van der Waals surface area contributed by atoms with Crippen LogP contribution in [0.3, 0.4) is 0 Å². The average Bonchev–Trinajstić information content (AvgIpc) is 2.75. The van der Waals surface area contributed by atoms with Gasteiger partial charge in [0.2, 0.25) is 0 Å². The van der Waals surface area contributed by atoms with Crippen LogP contribution in [0.2, 0.25) is 0 Å². The maximum Gasteiger partial charge on any atom is 0.0316 e. The fourth-order valence-electron chi connectivity index (χ4n) is 2.77. The Kier molecular flexibility index (Phi) is 4.25. The monoisotopic (exact) mass is 247 g/mol. The molecule has 0 aliphatic carbocycles. The number of likely N-dealkylation sites (tertiary alicyclic amines) is 1. The van der Waals surface area contributed by atoms with Gasteiger partial charge in [0, 0.05) is 24.8 Å². The Morgan fingerprint density at radius 2 is 2.06 bits per heavy atom. The first-order valence-electron chi connectivity index (χ1n) is 6.80. The number of nitrogens with two attached hydrogens (primary N) is 1. The third kappa shape index (κ3) is 3.24. The summed E-state index contributed by atoms with van der Waals surface area (Å²) >= 11 is 0. The van der Waals surface area contributed by atoms with Crippen LogP contribution >= 0.6 is 0 Å². The van der Waals surface area contributed by atoms with E-state index in [0.29, 0.717) is 6.04 Å². The van der Waals surface area contributed by atoms with Crippen molar-refractivity contribution in [1.29, 1.82) is 0 Å². The van der Waals surface area contributed by atoms with Gasteiger partial charge in [0.1, 0.15) is 0 Å². The number of nitrogens with zero attached hydrogens (tertiary/aromatic N) is 2. The molecule has 1 heterocycles. The van der Waals surface area contributed by atoms with Crippen molar-refractivity contribution in [3.63, 3.8) is 0 Å². The predicted molar refractivity (Wildman–Crippen MR) is 77.5 cm³/mol. The van der Waals surface area contributed by atoms with Gasteiger partial charge in [-0.1, -0.05) is 12.1 Å². The lowest BCUT2D eigenvalue weighted by atomic mass is 10.0. The fourth-order valence-corrected chi connectivity index (χ4v) is 2.77. The zero-order valence-corrected chi connectivity index (χ0v) is 11.8. The highest BCUT2D eigenvalue weighted by atomic mass is 15.2. The second-order valence-corrected chi connectivity index (χ2v) is 5.70. The molecule has 2 rings (SSSR count). The largest absolute Gasteiger partial charge is 0.399 e. The Labute approximate surface area is 111 Å². The summed E-state index contributed by atoms with van der Waals surface area (Å²) in [4.78, 5) is 4.88. The van der Waals surface area contributed by atoms with E-state index in [-0.39, 0.29) is 0 Å². The zero-order valence-electron chi connectivity index (χ0n) is 11.8. The van der Waals surface area contributed by atoms with Crippen molar-refractivity contribution in [3.05, 3.63) is 29.8 Å². The molecule has 1 aromatic carbocycles. The van der Waals surface area contributed by atoms with Gasteiger partial charge in [-0.2, -0.15) is 0 Å². The lowest BCUT2D eigenvalue weighted by Gasteiger charge is -2.27. The van der Waals surface area contributed by atoms with Gasteiger partial charge >= 0.3 is 0 Å². The van der Waals surface area contributed by atoms with Crippen molar-refractivity contribution < 1.29 is 0 Å². The van der Waals surface area contributed by atoms with E-state index in [1.54, 1.807) is 0 Å². The summed E-state index contributed by atoms with van der Waals surface area (Å²) in [6.45, 7) is 5.92. The molecule has 1 fully saturated rings. The highest BCUT2D eigenvalue weighted by molar-refractivity contribution is 5.40. The Bertz CT molecular complexity index is 374. The fraction of sp³-hybridized carbons (Fsp3) is 0.600. The van der Waals surface area contributed by atoms with Gasteiger partial charge < -0.3 is 10.6 Å². The van der Waals surface area contributed by atoms with Gasteiger partial charge in [0.05, 0.1) is 0 Å². The number of rotatable bonds is 4. The summed E-state index contributed by atoms with van der Waals surface area (Å²) in [5, 5.41) is 0. The molecule has 2 atom stereocenters. The molecule has 3 nitrogen and oxygen atoms in total. The maximum absolute atomic E-state index is 5.73. The molecule has 2 unspecified atom stereocenters. The van der Waals surface area contributed by atoms with Gasteiger partial charge in [-0.05, 0) is 57.6 Å². The molecule has 0 amide bonds. The lowest BCUT2D eigenvalue weighted by molar-refractivity contribution is 0.220. The molecule has 1 aromatic rings. The number of anilines is 1. The van der Waals surface area contributed by atoms with E-state index in [9.17, 15) is 0 Å². The molecule has 0 aromatic heterocycles. The normalized spacial score (nSPS) is 22.6. The molecule has 3 heteroatoms. The van der Waals surface area contributed by atoms with Crippen molar-refractivity contribution in [1.82, 2.24) is 9.80 Å². The predicted octanol–water partition coefficient (Wildman–Crippen LogP) is 2.21. The van der Waals surface area contributed by atoms with Crippen LogP contribution in [0.15, 0.2) is 24.3 Å². The highest BCUT2D eigenvalue weighted by Crippen LogP contribution is 2.23. The first-order valence-corrected chi connectivity index (χ1v) is 6.80. The highest BCUT2D eigenvalue weighted by Gasteiger charge is 2.22. The Hall–Kier alpha value is -1.06. The van der Waals surface area contributed by atoms with Crippen molar-refractivity contribution in [2.45, 2.75) is 19.4 Å². The van der Waals surface area contributed by atoms with Crippen LogP contribution in [0.1, 0.15) is 24.9 Å². The molecule has 100 valence electrons. The van der Waals surface area contributed by atoms with E-state index in [4.69, 9.17) is 5.73 Å². The Morgan fingerprint density at radius 1 is 1.39 bits per heavy atom. The van der Waals surface area contributed by atoms with Crippen molar-refractivity contribution in [3.8, 4) is 0 Å². The van der Waals surface area contributed by atoms with Crippen molar-refractivity contribution >= 4 is 5.69 Å². The Morgan fingerprint density at radius 3 is 2.61 bits per heavy atom. The second-order valence-electron chi connectivity index (χ2n) is 5.70. The molecular weight excluding hydrogens is 222 g/mol. The summed E-state index contributed by atoms with van der Waals surface area (Å²) in [5.41, 5.74) is 7.92. The quantitative estimate of drug-likeness (QED) is 0.828. The van der Waals surface area contributed by atoms with E-state index in [1.165, 1.54) is 31.6 Å². The van der Waals surface area contributed by atoms with Crippen LogP contribution in [0.4, 0.5) is 5.69 Å². The zero-order chi connectivity index (χ0) is 13.1. The van der Waals surface area contributed by atoms with E-state index < -0.39 is 0 Å². The summed E-state index contributed by atoms with van der Waals surface area (Å²) in [5.74, 6) is 0.816. The molecule has 0 bridgehead atoms. The molecule has 0 spiro atoms. The van der Waals surface area contributed by atoms with Crippen LogP contribution in [0.25, 0.3) is 0 Å². The summed E-state index contributed by atoms with van der Waals surface area (Å²) in [6.07, 6.45) is 1.33. The molecule has 2 N–H and O–H groups in total. The van der Waals surface area contributed by atoms with Crippen LogP contribution < -0.4 is 5.73 Å². The van der Waals surface area contributed by atoms with Crippen LogP contribution in [0, 0.1) is 5.92 Å². The molecule has 18 heavy (non-hydrogen) atoms. The summed E-state index contributed by atoms with van der Waals surface area (Å²) < 4.78 is 0. The number of benzene rings is 1. The number of hydrogen-bond acceptors (Lipinski definition) is 3. The third-order valence-electron chi connectivity index (χ3n) is 4.12. The molecule has 0 radical (unpaired) electrons. The lowest BCUT2D eigenvalue weighted by Crippen LogP contribution is -2.29. The van der Waals surface area contributed by atoms with Crippen LogP contribution in [0.5, 0.6) is 0 Å². The van der Waals surface area contributed by atoms with Gasteiger partial charge in [0.25, 0.3) is 0 Å². The van der Waals surface area contributed by atoms with E-state index in [0.717, 1.165) is 11.6 Å². The first kappa shape index (κ1) is 13.4. The molecular formula is C15H25N3. The molecule has 1 aliphatic heterocycles. The number of nitrogen functional groups attached to an aromatic ring is 1. The topological polar surface area (TPSA) is 32.5 Å². The van der Waals surface area contributed by atoms with E-state index in [2.05, 4.69) is 43.0 Å². The molecule has 1 saturated heterocycles. The minimum absolute atomic E-state index is 0.455. The minimum atomic E-state index is 0.455. The molecule has 1 aliphatic rings. The van der Waals surface area contributed by atoms with E-state index >= 15 is 0 Å². The first-order chi connectivity index (χ1) is 8.56. The van der Waals surface area contributed by atoms with Crippen molar-refractivity contribution in [2.24, 2.45) is 5.92 Å². The van der Waals surface area contributed by atoms with Gasteiger partial charge in [-0.15, -0.1) is 0 Å².